The summed E-state index contributed by atoms with van der Waals surface area (Å²) < 4.78 is 24.1. The van der Waals surface area contributed by atoms with Crippen LogP contribution in [0.25, 0.3) is 5.76 Å². The first kappa shape index (κ1) is 22.6. The zero-order valence-electron chi connectivity index (χ0n) is 18.3. The van der Waals surface area contributed by atoms with Crippen LogP contribution in [-0.2, 0) is 9.59 Å². The molecule has 1 saturated heterocycles. The molecule has 1 N–H and O–H groups in total. The maximum Gasteiger partial charge on any atom is 0.300 e. The van der Waals surface area contributed by atoms with Crippen molar-refractivity contribution in [2.45, 2.75) is 6.04 Å². The Morgan fingerprint density at radius 3 is 2.21 bits per heavy atom. The highest BCUT2D eigenvalue weighted by Crippen LogP contribution is 2.43. The molecule has 0 aliphatic carbocycles. The smallest absolute Gasteiger partial charge is 0.300 e. The number of Topliss-reactive ketones (excluding diaryl/α,β-unsaturated/α-hetero) is 1. The fourth-order valence-corrected chi connectivity index (χ4v) is 3.89. The zero-order chi connectivity index (χ0) is 24.4. The molecular formula is C26H19FN2O5. The lowest BCUT2D eigenvalue weighted by molar-refractivity contribution is -0.132. The van der Waals surface area contributed by atoms with Gasteiger partial charge in [-0.1, -0.05) is 12.1 Å². The molecule has 1 heterocycles. The first-order chi connectivity index (χ1) is 16.4. The van der Waals surface area contributed by atoms with Crippen LogP contribution in [0, 0.1) is 17.1 Å². The van der Waals surface area contributed by atoms with Crippen molar-refractivity contribution in [1.29, 1.82) is 5.26 Å². The number of hydrogen-bond donors (Lipinski definition) is 1. The number of methoxy groups -OCH3 is 2. The normalized spacial score (nSPS) is 16.9. The van der Waals surface area contributed by atoms with E-state index in [-0.39, 0.29) is 11.1 Å². The molecule has 1 atom stereocenters. The molecule has 1 amide bonds. The van der Waals surface area contributed by atoms with Crippen LogP contribution in [0.1, 0.15) is 22.7 Å². The number of amides is 1. The maximum atomic E-state index is 13.6. The summed E-state index contributed by atoms with van der Waals surface area (Å²) in [7, 11) is 2.90. The van der Waals surface area contributed by atoms with E-state index in [2.05, 4.69) is 0 Å². The number of aliphatic hydroxyl groups excluding tert-OH is 1. The third-order valence-corrected chi connectivity index (χ3v) is 5.56. The van der Waals surface area contributed by atoms with Gasteiger partial charge in [0.1, 0.15) is 11.6 Å². The second-order valence-corrected chi connectivity index (χ2v) is 7.45. The first-order valence-corrected chi connectivity index (χ1v) is 10.2. The van der Waals surface area contributed by atoms with E-state index in [9.17, 15) is 19.1 Å². The van der Waals surface area contributed by atoms with Gasteiger partial charge in [-0.05, 0) is 60.2 Å². The third-order valence-electron chi connectivity index (χ3n) is 5.56. The van der Waals surface area contributed by atoms with Gasteiger partial charge in [-0.3, -0.25) is 14.5 Å². The molecule has 0 saturated carbocycles. The number of ether oxygens (including phenoxy) is 2. The zero-order valence-corrected chi connectivity index (χ0v) is 18.3. The lowest BCUT2D eigenvalue weighted by Gasteiger charge is -2.25. The Bertz CT molecular complexity index is 1340. The number of aliphatic hydroxyl groups is 1. The number of carbonyl (C=O) groups excluding carboxylic acids is 2. The van der Waals surface area contributed by atoms with Crippen molar-refractivity contribution in [1.82, 2.24) is 0 Å². The number of nitriles is 1. The van der Waals surface area contributed by atoms with Crippen molar-refractivity contribution in [2.75, 3.05) is 19.1 Å². The van der Waals surface area contributed by atoms with Crippen LogP contribution in [0.4, 0.5) is 10.1 Å². The van der Waals surface area contributed by atoms with E-state index in [1.807, 2.05) is 6.07 Å². The fraction of sp³-hybridized carbons (Fsp3) is 0.115. The minimum Gasteiger partial charge on any atom is -0.507 e. The molecule has 34 heavy (non-hydrogen) atoms. The van der Waals surface area contributed by atoms with Crippen molar-refractivity contribution in [3.8, 4) is 17.6 Å². The molecule has 8 heteroatoms. The van der Waals surface area contributed by atoms with Gasteiger partial charge in [-0.2, -0.15) is 5.26 Å². The molecule has 3 aromatic carbocycles. The quantitative estimate of drug-likeness (QED) is 0.347. The van der Waals surface area contributed by atoms with Crippen LogP contribution in [0.3, 0.4) is 0 Å². The van der Waals surface area contributed by atoms with Crippen molar-refractivity contribution >= 4 is 23.1 Å². The van der Waals surface area contributed by atoms with Gasteiger partial charge in [0, 0.05) is 11.3 Å². The monoisotopic (exact) mass is 458 g/mol. The predicted octanol–water partition coefficient (Wildman–Crippen LogP) is 4.34. The average Bonchev–Trinajstić information content (AvgIpc) is 3.13. The van der Waals surface area contributed by atoms with E-state index in [4.69, 9.17) is 14.7 Å². The minimum atomic E-state index is -1.03. The van der Waals surface area contributed by atoms with Gasteiger partial charge in [0.05, 0.1) is 37.5 Å². The summed E-state index contributed by atoms with van der Waals surface area (Å²) in [5, 5.41) is 20.3. The maximum absolute atomic E-state index is 13.6. The predicted molar refractivity (Wildman–Crippen MR) is 122 cm³/mol. The van der Waals surface area contributed by atoms with Gasteiger partial charge in [-0.25, -0.2) is 4.39 Å². The Morgan fingerprint density at radius 1 is 0.971 bits per heavy atom. The average molecular weight is 458 g/mol. The Hall–Kier alpha value is -4.64. The molecule has 0 radical (unpaired) electrons. The highest BCUT2D eigenvalue weighted by Gasteiger charge is 2.47. The number of halogens is 1. The van der Waals surface area contributed by atoms with Crippen molar-refractivity contribution in [2.24, 2.45) is 0 Å². The largest absolute Gasteiger partial charge is 0.507 e. The number of ketones is 1. The van der Waals surface area contributed by atoms with E-state index in [0.717, 1.165) is 0 Å². The van der Waals surface area contributed by atoms with Gasteiger partial charge in [-0.15, -0.1) is 0 Å². The first-order valence-electron chi connectivity index (χ1n) is 10.2. The van der Waals surface area contributed by atoms with Gasteiger partial charge >= 0.3 is 0 Å². The molecule has 1 aliphatic rings. The topological polar surface area (TPSA) is 99.9 Å². The minimum absolute atomic E-state index is 0.159. The molecule has 1 fully saturated rings. The highest BCUT2D eigenvalue weighted by atomic mass is 19.1. The summed E-state index contributed by atoms with van der Waals surface area (Å²) in [4.78, 5) is 27.5. The van der Waals surface area contributed by atoms with E-state index in [1.165, 1.54) is 79.8 Å². The molecule has 3 aromatic rings. The second-order valence-electron chi connectivity index (χ2n) is 7.45. The van der Waals surface area contributed by atoms with Crippen molar-refractivity contribution in [3.63, 3.8) is 0 Å². The SMILES string of the molecule is COc1ccc(/C(O)=C2/C(=O)C(=O)N(c3ccc(C#N)cc3)C2c2ccc(F)cc2)cc1OC. The highest BCUT2D eigenvalue weighted by molar-refractivity contribution is 6.51. The Labute approximate surface area is 194 Å². The Balaban J connectivity index is 1.93. The molecule has 0 bridgehead atoms. The summed E-state index contributed by atoms with van der Waals surface area (Å²) in [5.41, 5.74) is 1.23. The number of anilines is 1. The number of benzene rings is 3. The Morgan fingerprint density at radius 2 is 1.62 bits per heavy atom. The molecule has 7 nitrogen and oxygen atoms in total. The van der Waals surface area contributed by atoms with Crippen LogP contribution in [0.15, 0.2) is 72.3 Å². The van der Waals surface area contributed by atoms with Crippen LogP contribution >= 0.6 is 0 Å². The van der Waals surface area contributed by atoms with Crippen LogP contribution in [0.5, 0.6) is 11.5 Å². The summed E-state index contributed by atoms with van der Waals surface area (Å²) in [6, 6.07) is 17.0. The standard InChI is InChI=1S/C26H19FN2O5/c1-33-20-12-7-17(13-21(20)34-2)24(30)22-23(16-5-8-18(27)9-6-16)29(26(32)25(22)31)19-10-3-15(14-28)4-11-19/h3-13,23,30H,1-2H3/b24-22-. The number of hydrogen-bond acceptors (Lipinski definition) is 6. The molecule has 1 unspecified atom stereocenters. The van der Waals surface area contributed by atoms with E-state index in [0.29, 0.717) is 28.3 Å². The van der Waals surface area contributed by atoms with Gasteiger partial charge in [0.2, 0.25) is 0 Å². The molecule has 170 valence electrons. The number of nitrogens with zero attached hydrogens (tertiary/aromatic N) is 2. The summed E-state index contributed by atoms with van der Waals surface area (Å²) in [5.74, 6) is -1.91. The fourth-order valence-electron chi connectivity index (χ4n) is 3.89. The van der Waals surface area contributed by atoms with Gasteiger partial charge < -0.3 is 14.6 Å². The lowest BCUT2D eigenvalue weighted by Crippen LogP contribution is -2.29. The van der Waals surface area contributed by atoms with Gasteiger partial charge in [0.15, 0.2) is 11.5 Å². The number of carbonyl (C=O) groups is 2. The Kier molecular flexibility index (Phi) is 6.02. The summed E-state index contributed by atoms with van der Waals surface area (Å²) in [6.45, 7) is 0. The van der Waals surface area contributed by atoms with Crippen LogP contribution < -0.4 is 14.4 Å². The molecule has 1 aliphatic heterocycles. The van der Waals surface area contributed by atoms with E-state index < -0.39 is 29.3 Å². The van der Waals surface area contributed by atoms with Gasteiger partial charge in [0.25, 0.3) is 11.7 Å². The summed E-state index contributed by atoms with van der Waals surface area (Å²) >= 11 is 0. The van der Waals surface area contributed by atoms with E-state index >= 15 is 0 Å². The lowest BCUT2D eigenvalue weighted by atomic mass is 9.95. The van der Waals surface area contributed by atoms with Crippen molar-refractivity contribution in [3.05, 3.63) is 94.8 Å². The molecule has 0 aromatic heterocycles. The number of rotatable bonds is 5. The van der Waals surface area contributed by atoms with Crippen LogP contribution in [0.2, 0.25) is 0 Å². The molecule has 0 spiro atoms. The summed E-state index contributed by atoms with van der Waals surface area (Å²) in [6.07, 6.45) is 0. The van der Waals surface area contributed by atoms with E-state index in [1.54, 1.807) is 6.07 Å². The molecular weight excluding hydrogens is 439 g/mol. The third kappa shape index (κ3) is 3.84. The molecule has 4 rings (SSSR count). The van der Waals surface area contributed by atoms with Crippen LogP contribution in [-0.4, -0.2) is 31.0 Å². The second kappa shape index (κ2) is 9.08. The van der Waals surface area contributed by atoms with Crippen molar-refractivity contribution < 1.29 is 28.6 Å².